The molecule has 38 heavy (non-hydrogen) atoms. The molecule has 192 valence electrons. The first-order valence-corrected chi connectivity index (χ1v) is 12.7. The molecular weight excluding hydrogens is 500 g/mol. The molecule has 1 heterocycles. The van der Waals surface area contributed by atoms with Crippen LogP contribution in [0.2, 0.25) is 0 Å². The highest BCUT2D eigenvalue weighted by atomic mass is 32.2. The van der Waals surface area contributed by atoms with Crippen LogP contribution in [0.3, 0.4) is 0 Å². The lowest BCUT2D eigenvalue weighted by atomic mass is 10.1. The second kappa shape index (κ2) is 12.6. The number of benzene rings is 3. The van der Waals surface area contributed by atoms with Crippen molar-refractivity contribution in [1.29, 1.82) is 0 Å². The number of amides is 3. The quantitative estimate of drug-likeness (QED) is 0.196. The van der Waals surface area contributed by atoms with Gasteiger partial charge in [0.1, 0.15) is 11.5 Å². The zero-order valence-electron chi connectivity index (χ0n) is 20.8. The average Bonchev–Trinajstić information content (AvgIpc) is 3.33. The summed E-state index contributed by atoms with van der Waals surface area (Å²) in [4.78, 5) is 39.4. The first-order chi connectivity index (χ1) is 18.4. The van der Waals surface area contributed by atoms with Crippen molar-refractivity contribution in [2.75, 3.05) is 10.6 Å². The van der Waals surface area contributed by atoms with Crippen molar-refractivity contribution in [2.45, 2.75) is 24.0 Å². The van der Waals surface area contributed by atoms with Crippen molar-refractivity contribution in [1.82, 2.24) is 10.5 Å². The molecule has 4 rings (SSSR count). The molecule has 0 aliphatic rings. The summed E-state index contributed by atoms with van der Waals surface area (Å²) < 4.78 is 4.98. The van der Waals surface area contributed by atoms with Crippen molar-refractivity contribution in [3.05, 3.63) is 114 Å². The first kappa shape index (κ1) is 26.4. The highest BCUT2D eigenvalue weighted by molar-refractivity contribution is 8.00. The highest BCUT2D eigenvalue weighted by Gasteiger charge is 2.18. The van der Waals surface area contributed by atoms with E-state index in [1.54, 1.807) is 68.5 Å². The Kier molecular flexibility index (Phi) is 8.73. The van der Waals surface area contributed by atoms with Gasteiger partial charge in [-0.25, -0.2) is 0 Å². The molecular formula is C29H26N4O4S. The molecule has 9 heteroatoms. The number of anilines is 2. The number of carbonyl (C=O) groups is 3. The molecule has 0 saturated heterocycles. The van der Waals surface area contributed by atoms with Crippen LogP contribution >= 0.6 is 11.8 Å². The Morgan fingerprint density at radius 1 is 0.895 bits per heavy atom. The number of nitrogens with zero attached hydrogens (tertiary/aromatic N) is 1. The van der Waals surface area contributed by atoms with Crippen molar-refractivity contribution >= 4 is 47.1 Å². The van der Waals surface area contributed by atoms with Crippen molar-refractivity contribution in [3.8, 4) is 0 Å². The maximum Gasteiger partial charge on any atom is 0.272 e. The minimum atomic E-state index is -0.479. The number of hydrogen-bond acceptors (Lipinski definition) is 6. The third-order valence-electron chi connectivity index (χ3n) is 5.29. The van der Waals surface area contributed by atoms with E-state index < -0.39 is 17.1 Å². The summed E-state index contributed by atoms with van der Waals surface area (Å²) in [7, 11) is 0. The Bertz CT molecular complexity index is 1450. The van der Waals surface area contributed by atoms with E-state index in [1.165, 1.54) is 11.8 Å². The molecule has 0 saturated carbocycles. The van der Waals surface area contributed by atoms with Gasteiger partial charge in [-0.2, -0.15) is 0 Å². The minimum Gasteiger partial charge on any atom is -0.360 e. The van der Waals surface area contributed by atoms with Gasteiger partial charge in [0.15, 0.2) is 5.82 Å². The van der Waals surface area contributed by atoms with Crippen LogP contribution in [0.5, 0.6) is 0 Å². The van der Waals surface area contributed by atoms with Gasteiger partial charge in [-0.3, -0.25) is 14.4 Å². The lowest BCUT2D eigenvalue weighted by molar-refractivity contribution is -0.115. The fraction of sp³-hybridized carbons (Fsp3) is 0.103. The molecule has 1 aromatic heterocycles. The Morgan fingerprint density at radius 2 is 1.61 bits per heavy atom. The van der Waals surface area contributed by atoms with Crippen molar-refractivity contribution in [3.63, 3.8) is 0 Å². The summed E-state index contributed by atoms with van der Waals surface area (Å²) in [6.07, 6.45) is 1.62. The molecule has 0 spiro atoms. The predicted octanol–water partition coefficient (Wildman–Crippen LogP) is 5.51. The second-order valence-electron chi connectivity index (χ2n) is 8.34. The number of nitrogens with one attached hydrogen (secondary N) is 3. The van der Waals surface area contributed by atoms with Gasteiger partial charge in [-0.15, -0.1) is 11.8 Å². The van der Waals surface area contributed by atoms with Gasteiger partial charge in [-0.05, 0) is 55.8 Å². The standard InChI is InChI=1S/C29H26N4O4S/c1-19-16-26(33-37-19)32-27(34)20(2)38-24-15-9-14-23(18-24)30-29(36)25(17-21-10-5-3-6-11-21)31-28(35)22-12-7-4-8-13-22/h3-18,20H,1-2H3,(H,30,36)(H,31,35)(H,32,33,34)/b25-17-. The highest BCUT2D eigenvalue weighted by Crippen LogP contribution is 2.27. The monoisotopic (exact) mass is 526 g/mol. The van der Waals surface area contributed by atoms with Crippen LogP contribution in [0.1, 0.15) is 28.6 Å². The maximum absolute atomic E-state index is 13.2. The third kappa shape index (κ3) is 7.44. The second-order valence-corrected chi connectivity index (χ2v) is 9.76. The van der Waals surface area contributed by atoms with Gasteiger partial charge < -0.3 is 20.5 Å². The summed E-state index contributed by atoms with van der Waals surface area (Å²) in [6, 6.07) is 26.7. The zero-order chi connectivity index (χ0) is 26.9. The number of thioether (sulfide) groups is 1. The Labute approximate surface area is 224 Å². The summed E-state index contributed by atoms with van der Waals surface area (Å²) >= 11 is 1.33. The number of rotatable bonds is 9. The molecule has 3 amide bonds. The molecule has 0 radical (unpaired) electrons. The molecule has 0 aliphatic heterocycles. The molecule has 8 nitrogen and oxygen atoms in total. The van der Waals surface area contributed by atoms with Crippen LogP contribution in [0.15, 0.2) is 106 Å². The lowest BCUT2D eigenvalue weighted by Crippen LogP contribution is -2.30. The van der Waals surface area contributed by atoms with Gasteiger partial charge >= 0.3 is 0 Å². The maximum atomic E-state index is 13.2. The van der Waals surface area contributed by atoms with Gasteiger partial charge in [-0.1, -0.05) is 59.8 Å². The summed E-state index contributed by atoms with van der Waals surface area (Å²) in [5, 5.41) is 11.6. The predicted molar refractivity (Wildman–Crippen MR) is 149 cm³/mol. The van der Waals surface area contributed by atoms with E-state index in [2.05, 4.69) is 21.1 Å². The number of carbonyl (C=O) groups excluding carboxylic acids is 3. The minimum absolute atomic E-state index is 0.0961. The largest absolute Gasteiger partial charge is 0.360 e. The molecule has 0 fully saturated rings. The number of aryl methyl sites for hydroxylation is 1. The Hall–Kier alpha value is -4.63. The van der Waals surface area contributed by atoms with Crippen LogP contribution in [-0.4, -0.2) is 28.1 Å². The smallest absolute Gasteiger partial charge is 0.272 e. The van der Waals surface area contributed by atoms with Crippen molar-refractivity contribution in [2.24, 2.45) is 0 Å². The summed E-state index contributed by atoms with van der Waals surface area (Å²) in [5.74, 6) is -0.141. The normalized spacial score (nSPS) is 11.9. The Morgan fingerprint density at radius 3 is 2.29 bits per heavy atom. The summed E-state index contributed by atoms with van der Waals surface area (Å²) in [6.45, 7) is 3.52. The molecule has 1 atom stereocenters. The van der Waals surface area contributed by atoms with Crippen LogP contribution in [0.4, 0.5) is 11.5 Å². The van der Waals surface area contributed by atoms with E-state index in [4.69, 9.17) is 4.52 Å². The van der Waals surface area contributed by atoms with Gasteiger partial charge in [0.2, 0.25) is 5.91 Å². The molecule has 3 aromatic carbocycles. The zero-order valence-corrected chi connectivity index (χ0v) is 21.6. The molecule has 1 unspecified atom stereocenters. The van der Waals surface area contributed by atoms with E-state index in [0.29, 0.717) is 22.8 Å². The van der Waals surface area contributed by atoms with Gasteiger partial charge in [0, 0.05) is 22.2 Å². The van der Waals surface area contributed by atoms with Crippen LogP contribution in [-0.2, 0) is 9.59 Å². The van der Waals surface area contributed by atoms with Crippen LogP contribution in [0, 0.1) is 6.92 Å². The van der Waals surface area contributed by atoms with E-state index in [0.717, 1.165) is 10.5 Å². The molecule has 4 aromatic rings. The molecule has 0 bridgehead atoms. The van der Waals surface area contributed by atoms with Gasteiger partial charge in [0.25, 0.3) is 11.8 Å². The van der Waals surface area contributed by atoms with E-state index in [-0.39, 0.29) is 11.6 Å². The number of hydrogen-bond donors (Lipinski definition) is 3. The topological polar surface area (TPSA) is 113 Å². The van der Waals surface area contributed by atoms with Gasteiger partial charge in [0.05, 0.1) is 5.25 Å². The van der Waals surface area contributed by atoms with E-state index in [1.807, 2.05) is 42.5 Å². The van der Waals surface area contributed by atoms with Crippen LogP contribution in [0.25, 0.3) is 6.08 Å². The summed E-state index contributed by atoms with van der Waals surface area (Å²) in [5.41, 5.74) is 1.81. The van der Waals surface area contributed by atoms with E-state index >= 15 is 0 Å². The molecule has 0 aliphatic carbocycles. The van der Waals surface area contributed by atoms with Crippen molar-refractivity contribution < 1.29 is 18.9 Å². The fourth-order valence-corrected chi connectivity index (χ4v) is 4.34. The van der Waals surface area contributed by atoms with E-state index in [9.17, 15) is 14.4 Å². The fourth-order valence-electron chi connectivity index (χ4n) is 3.41. The third-order valence-corrected chi connectivity index (χ3v) is 6.39. The van der Waals surface area contributed by atoms with Crippen LogP contribution < -0.4 is 16.0 Å². The average molecular weight is 527 g/mol. The molecule has 3 N–H and O–H groups in total. The SMILES string of the molecule is Cc1cc(NC(=O)C(C)Sc2cccc(NC(=O)/C(=C/c3ccccc3)NC(=O)c3ccccc3)c2)no1. The lowest BCUT2D eigenvalue weighted by Gasteiger charge is -2.13. The first-order valence-electron chi connectivity index (χ1n) is 11.8. The Balaban J connectivity index is 1.46. The number of aromatic nitrogens is 1.